The lowest BCUT2D eigenvalue weighted by Crippen LogP contribution is -2.38. The molecule has 1 fully saturated rings. The van der Waals surface area contributed by atoms with Crippen LogP contribution < -0.4 is 0 Å². The minimum Gasteiger partial charge on any atom is -0.394 e. The molecule has 1 aliphatic rings. The van der Waals surface area contributed by atoms with Crippen LogP contribution in [-0.2, 0) is 4.79 Å². The Bertz CT molecular complexity index is 410. The molecule has 0 spiro atoms. The smallest absolute Gasteiger partial charge is 0.233 e. The fraction of sp³-hybridized carbons (Fsp3) is 0.462. The number of thioether (sulfide) groups is 1. The van der Waals surface area contributed by atoms with Crippen LogP contribution in [0.5, 0.6) is 0 Å². The van der Waals surface area contributed by atoms with Crippen molar-refractivity contribution in [1.29, 1.82) is 0 Å². The van der Waals surface area contributed by atoms with E-state index in [0.717, 1.165) is 28.8 Å². The summed E-state index contributed by atoms with van der Waals surface area (Å²) in [5, 5.41) is 9.20. The van der Waals surface area contributed by atoms with Crippen LogP contribution in [0, 0.1) is 0 Å². The fourth-order valence-electron chi connectivity index (χ4n) is 2.11. The highest BCUT2D eigenvalue weighted by Gasteiger charge is 2.27. The molecule has 1 atom stereocenters. The van der Waals surface area contributed by atoms with Crippen molar-refractivity contribution < 1.29 is 9.90 Å². The number of likely N-dealkylation sites (tertiary alicyclic amines) is 1. The highest BCUT2D eigenvalue weighted by atomic mass is 79.9. The number of hydrogen-bond acceptors (Lipinski definition) is 3. The fourth-order valence-corrected chi connectivity index (χ4v) is 3.16. The number of halogens is 1. The number of hydrogen-bond donors (Lipinski definition) is 1. The number of amides is 1. The van der Waals surface area contributed by atoms with E-state index in [1.165, 1.54) is 0 Å². The molecule has 2 rings (SSSR count). The standard InChI is InChI=1S/C13H16BrNO2S/c14-10-3-5-12(6-4-10)18-9-13(17)15-7-1-2-11(15)8-16/h3-6,11,16H,1-2,7-9H2/t11-/m0/s1. The van der Waals surface area contributed by atoms with Gasteiger partial charge in [0, 0.05) is 15.9 Å². The van der Waals surface area contributed by atoms with Gasteiger partial charge in [-0.2, -0.15) is 0 Å². The second-order valence-corrected chi connectivity index (χ2v) is 6.27. The normalized spacial score (nSPS) is 19.2. The van der Waals surface area contributed by atoms with E-state index in [1.807, 2.05) is 29.2 Å². The molecule has 1 amide bonds. The van der Waals surface area contributed by atoms with Crippen molar-refractivity contribution in [2.45, 2.75) is 23.8 Å². The van der Waals surface area contributed by atoms with E-state index in [-0.39, 0.29) is 18.6 Å². The lowest BCUT2D eigenvalue weighted by molar-refractivity contribution is -0.129. The summed E-state index contributed by atoms with van der Waals surface area (Å²) >= 11 is 4.93. The molecule has 1 heterocycles. The van der Waals surface area contributed by atoms with Crippen LogP contribution in [0.2, 0.25) is 0 Å². The molecule has 0 saturated carbocycles. The van der Waals surface area contributed by atoms with E-state index >= 15 is 0 Å². The van der Waals surface area contributed by atoms with Crippen molar-refractivity contribution in [3.8, 4) is 0 Å². The Hall–Kier alpha value is -0.520. The average molecular weight is 330 g/mol. The zero-order valence-electron chi connectivity index (χ0n) is 10.0. The molecule has 18 heavy (non-hydrogen) atoms. The summed E-state index contributed by atoms with van der Waals surface area (Å²) in [4.78, 5) is 14.9. The van der Waals surface area contributed by atoms with Crippen LogP contribution in [0.15, 0.2) is 33.6 Å². The highest BCUT2D eigenvalue weighted by molar-refractivity contribution is 9.10. The Kier molecular flexibility index (Phi) is 5.09. The zero-order valence-corrected chi connectivity index (χ0v) is 12.4. The molecule has 1 saturated heterocycles. The van der Waals surface area contributed by atoms with Crippen molar-refractivity contribution in [3.63, 3.8) is 0 Å². The quantitative estimate of drug-likeness (QED) is 0.863. The molecular formula is C13H16BrNO2S. The predicted octanol–water partition coefficient (Wildman–Crippen LogP) is 2.52. The molecule has 0 aliphatic carbocycles. The summed E-state index contributed by atoms with van der Waals surface area (Å²) in [6.45, 7) is 0.861. The number of aliphatic hydroxyl groups is 1. The van der Waals surface area contributed by atoms with E-state index in [0.29, 0.717) is 5.75 Å². The van der Waals surface area contributed by atoms with Gasteiger partial charge in [0.2, 0.25) is 5.91 Å². The molecule has 5 heteroatoms. The molecule has 98 valence electrons. The van der Waals surface area contributed by atoms with Crippen molar-refractivity contribution in [2.24, 2.45) is 0 Å². The molecule has 0 aromatic heterocycles. The van der Waals surface area contributed by atoms with Gasteiger partial charge in [0.05, 0.1) is 18.4 Å². The van der Waals surface area contributed by atoms with Crippen molar-refractivity contribution in [3.05, 3.63) is 28.7 Å². The minimum atomic E-state index is 0.0306. The van der Waals surface area contributed by atoms with Gasteiger partial charge in [-0.15, -0.1) is 11.8 Å². The van der Waals surface area contributed by atoms with Crippen molar-refractivity contribution >= 4 is 33.6 Å². The first-order valence-corrected chi connectivity index (χ1v) is 7.77. The van der Waals surface area contributed by atoms with Crippen molar-refractivity contribution in [1.82, 2.24) is 4.90 Å². The number of aliphatic hydroxyl groups excluding tert-OH is 1. The second-order valence-electron chi connectivity index (χ2n) is 4.31. The number of nitrogens with zero attached hydrogens (tertiary/aromatic N) is 1. The number of rotatable bonds is 4. The Morgan fingerprint density at radius 3 is 2.83 bits per heavy atom. The second kappa shape index (κ2) is 6.59. The predicted molar refractivity (Wildman–Crippen MR) is 76.7 cm³/mol. The molecule has 0 radical (unpaired) electrons. The van der Waals surface area contributed by atoms with Gasteiger partial charge < -0.3 is 10.0 Å². The molecule has 3 nitrogen and oxygen atoms in total. The SMILES string of the molecule is O=C(CSc1ccc(Br)cc1)N1CCC[C@H]1CO. The molecule has 1 aromatic carbocycles. The van der Waals surface area contributed by atoms with Crippen LogP contribution in [0.25, 0.3) is 0 Å². The number of benzene rings is 1. The zero-order chi connectivity index (χ0) is 13.0. The monoisotopic (exact) mass is 329 g/mol. The Morgan fingerprint density at radius 1 is 1.44 bits per heavy atom. The third-order valence-electron chi connectivity index (χ3n) is 3.08. The Morgan fingerprint density at radius 2 is 2.17 bits per heavy atom. The van der Waals surface area contributed by atoms with Crippen molar-refractivity contribution in [2.75, 3.05) is 18.9 Å². The van der Waals surface area contributed by atoms with Gasteiger partial charge in [0.1, 0.15) is 0 Å². The molecular weight excluding hydrogens is 314 g/mol. The van der Waals surface area contributed by atoms with Crippen LogP contribution in [0.4, 0.5) is 0 Å². The first-order chi connectivity index (χ1) is 8.70. The number of carbonyl (C=O) groups is 1. The molecule has 1 aliphatic heterocycles. The third kappa shape index (κ3) is 3.49. The maximum absolute atomic E-state index is 12.0. The maximum atomic E-state index is 12.0. The van der Waals surface area contributed by atoms with E-state index < -0.39 is 0 Å². The van der Waals surface area contributed by atoms with Crippen LogP contribution >= 0.6 is 27.7 Å². The minimum absolute atomic E-state index is 0.0306. The first-order valence-electron chi connectivity index (χ1n) is 5.99. The van der Waals surface area contributed by atoms with Gasteiger partial charge in [0.25, 0.3) is 0 Å². The molecule has 0 unspecified atom stereocenters. The highest BCUT2D eigenvalue weighted by Crippen LogP contribution is 2.23. The average Bonchev–Trinajstić information content (AvgIpc) is 2.86. The van der Waals surface area contributed by atoms with Crippen LogP contribution in [-0.4, -0.2) is 40.9 Å². The molecule has 1 aromatic rings. The third-order valence-corrected chi connectivity index (χ3v) is 4.61. The lowest BCUT2D eigenvalue weighted by atomic mass is 10.2. The molecule has 1 N–H and O–H groups in total. The largest absolute Gasteiger partial charge is 0.394 e. The summed E-state index contributed by atoms with van der Waals surface area (Å²) in [6, 6.07) is 7.96. The van der Waals surface area contributed by atoms with Gasteiger partial charge in [-0.05, 0) is 37.1 Å². The molecule has 0 bridgehead atoms. The Labute approximate surface area is 120 Å². The summed E-state index contributed by atoms with van der Waals surface area (Å²) < 4.78 is 1.04. The van der Waals surface area contributed by atoms with E-state index in [4.69, 9.17) is 0 Å². The van der Waals surface area contributed by atoms with E-state index in [1.54, 1.807) is 11.8 Å². The van der Waals surface area contributed by atoms with Gasteiger partial charge >= 0.3 is 0 Å². The van der Waals surface area contributed by atoms with Gasteiger partial charge in [0.15, 0.2) is 0 Å². The summed E-state index contributed by atoms with van der Waals surface area (Å²) in [5.41, 5.74) is 0. The van der Waals surface area contributed by atoms with Gasteiger partial charge in [-0.3, -0.25) is 4.79 Å². The van der Waals surface area contributed by atoms with Crippen LogP contribution in [0.1, 0.15) is 12.8 Å². The van der Waals surface area contributed by atoms with Gasteiger partial charge in [-0.25, -0.2) is 0 Å². The summed E-state index contributed by atoms with van der Waals surface area (Å²) in [6.07, 6.45) is 1.92. The summed E-state index contributed by atoms with van der Waals surface area (Å²) in [5.74, 6) is 0.567. The lowest BCUT2D eigenvalue weighted by Gasteiger charge is -2.22. The Balaban J connectivity index is 1.86. The first kappa shape index (κ1) is 13.9. The number of carbonyl (C=O) groups excluding carboxylic acids is 1. The maximum Gasteiger partial charge on any atom is 0.233 e. The topological polar surface area (TPSA) is 40.5 Å². The van der Waals surface area contributed by atoms with Gasteiger partial charge in [-0.1, -0.05) is 15.9 Å². The van der Waals surface area contributed by atoms with Crippen LogP contribution in [0.3, 0.4) is 0 Å². The summed E-state index contributed by atoms with van der Waals surface area (Å²) in [7, 11) is 0. The van der Waals surface area contributed by atoms with E-state index in [2.05, 4.69) is 15.9 Å². The van der Waals surface area contributed by atoms with E-state index in [9.17, 15) is 9.90 Å².